The predicted molar refractivity (Wildman–Crippen MR) is 46.6 cm³/mol. The van der Waals surface area contributed by atoms with Gasteiger partial charge in [0, 0.05) is 5.56 Å². The van der Waals surface area contributed by atoms with E-state index in [4.69, 9.17) is 10.2 Å². The Hall–Kier alpha value is -1.08. The van der Waals surface area contributed by atoms with Crippen LogP contribution in [0, 0.1) is 17.5 Å². The second-order valence-corrected chi connectivity index (χ2v) is 3.48. The maximum Gasteiger partial charge on any atom is 0.337 e. The number of carboxylic acid groups (broad SMARTS) is 1. The van der Waals surface area contributed by atoms with Crippen molar-refractivity contribution in [3.63, 3.8) is 0 Å². The standard InChI is InChI=1S/C8H4BrF3O3/c9-3-1-2(7(13)8(14)15)4(10)6(12)5(3)11/h1,7,13H,(H,14,15). The van der Waals surface area contributed by atoms with Gasteiger partial charge < -0.3 is 10.2 Å². The molecular weight excluding hydrogens is 281 g/mol. The third-order valence-corrected chi connectivity index (χ3v) is 2.24. The number of hydrogen-bond acceptors (Lipinski definition) is 2. The molecule has 0 spiro atoms. The lowest BCUT2D eigenvalue weighted by Gasteiger charge is -2.09. The van der Waals surface area contributed by atoms with E-state index in [0.29, 0.717) is 6.07 Å². The maximum atomic E-state index is 13.0. The van der Waals surface area contributed by atoms with Crippen LogP contribution in [-0.2, 0) is 4.79 Å². The van der Waals surface area contributed by atoms with E-state index in [9.17, 15) is 18.0 Å². The molecule has 1 atom stereocenters. The summed E-state index contributed by atoms with van der Waals surface area (Å²) >= 11 is 2.56. The summed E-state index contributed by atoms with van der Waals surface area (Å²) in [5.41, 5.74) is -0.840. The average Bonchev–Trinajstić information content (AvgIpc) is 2.19. The van der Waals surface area contributed by atoms with Crippen LogP contribution in [0.25, 0.3) is 0 Å². The quantitative estimate of drug-likeness (QED) is 0.645. The first-order valence-electron chi connectivity index (χ1n) is 3.60. The van der Waals surface area contributed by atoms with Gasteiger partial charge in [-0.2, -0.15) is 0 Å². The average molecular weight is 285 g/mol. The lowest BCUT2D eigenvalue weighted by atomic mass is 10.1. The number of benzene rings is 1. The highest BCUT2D eigenvalue weighted by Gasteiger charge is 2.25. The van der Waals surface area contributed by atoms with Gasteiger partial charge in [0.2, 0.25) is 0 Å². The summed E-state index contributed by atoms with van der Waals surface area (Å²) in [6.45, 7) is 0. The van der Waals surface area contributed by atoms with Crippen LogP contribution in [0.1, 0.15) is 11.7 Å². The Morgan fingerprint density at radius 3 is 2.27 bits per heavy atom. The Kier molecular flexibility index (Phi) is 3.35. The van der Waals surface area contributed by atoms with Crippen molar-refractivity contribution in [1.82, 2.24) is 0 Å². The highest BCUT2D eigenvalue weighted by atomic mass is 79.9. The monoisotopic (exact) mass is 284 g/mol. The van der Waals surface area contributed by atoms with Crippen LogP contribution < -0.4 is 0 Å². The van der Waals surface area contributed by atoms with Gasteiger partial charge in [0.05, 0.1) is 4.47 Å². The van der Waals surface area contributed by atoms with Crippen molar-refractivity contribution < 1.29 is 28.2 Å². The van der Waals surface area contributed by atoms with Gasteiger partial charge in [-0.05, 0) is 22.0 Å². The minimum absolute atomic E-state index is 0.461. The molecule has 1 unspecified atom stereocenters. The Labute approximate surface area is 90.3 Å². The van der Waals surface area contributed by atoms with E-state index in [1.807, 2.05) is 0 Å². The molecule has 82 valence electrons. The van der Waals surface area contributed by atoms with Gasteiger partial charge in [-0.1, -0.05) is 0 Å². The molecule has 3 nitrogen and oxygen atoms in total. The topological polar surface area (TPSA) is 57.5 Å². The molecule has 0 aliphatic rings. The molecule has 0 aliphatic carbocycles. The number of carbonyl (C=O) groups is 1. The number of aliphatic hydroxyl groups is 1. The Morgan fingerprint density at radius 2 is 1.80 bits per heavy atom. The molecule has 0 aromatic heterocycles. The summed E-state index contributed by atoms with van der Waals surface area (Å²) in [5, 5.41) is 17.3. The van der Waals surface area contributed by atoms with Gasteiger partial charge in [-0.25, -0.2) is 18.0 Å². The molecule has 7 heteroatoms. The van der Waals surface area contributed by atoms with Crippen molar-refractivity contribution in [3.8, 4) is 0 Å². The van der Waals surface area contributed by atoms with E-state index >= 15 is 0 Å². The van der Waals surface area contributed by atoms with Crippen molar-refractivity contribution in [1.29, 1.82) is 0 Å². The highest BCUT2D eigenvalue weighted by molar-refractivity contribution is 9.10. The third-order valence-electron chi connectivity index (χ3n) is 1.66. The van der Waals surface area contributed by atoms with Crippen LogP contribution in [0.5, 0.6) is 0 Å². The molecule has 0 heterocycles. The molecule has 0 saturated heterocycles. The van der Waals surface area contributed by atoms with Crippen LogP contribution in [0.3, 0.4) is 0 Å². The number of rotatable bonds is 2. The zero-order valence-electron chi connectivity index (χ0n) is 6.97. The molecule has 0 radical (unpaired) electrons. The largest absolute Gasteiger partial charge is 0.479 e. The first kappa shape index (κ1) is 12.0. The second-order valence-electron chi connectivity index (χ2n) is 2.63. The van der Waals surface area contributed by atoms with E-state index < -0.39 is 39.6 Å². The lowest BCUT2D eigenvalue weighted by molar-refractivity contribution is -0.147. The van der Waals surface area contributed by atoms with Crippen molar-refractivity contribution in [2.75, 3.05) is 0 Å². The maximum absolute atomic E-state index is 13.0. The van der Waals surface area contributed by atoms with Gasteiger partial charge in [0.1, 0.15) is 0 Å². The molecule has 2 N–H and O–H groups in total. The number of hydrogen-bond donors (Lipinski definition) is 2. The molecular formula is C8H4BrF3O3. The van der Waals surface area contributed by atoms with Crippen LogP contribution in [0.4, 0.5) is 13.2 Å². The SMILES string of the molecule is O=C(O)C(O)c1cc(Br)c(F)c(F)c1F. The molecule has 0 aliphatic heterocycles. The Morgan fingerprint density at radius 1 is 1.27 bits per heavy atom. The van der Waals surface area contributed by atoms with Gasteiger partial charge >= 0.3 is 5.97 Å². The van der Waals surface area contributed by atoms with Gasteiger partial charge in [-0.3, -0.25) is 0 Å². The van der Waals surface area contributed by atoms with Crippen LogP contribution in [-0.4, -0.2) is 16.2 Å². The molecule has 0 amide bonds. The fraction of sp³-hybridized carbons (Fsp3) is 0.125. The van der Waals surface area contributed by atoms with Crippen molar-refractivity contribution >= 4 is 21.9 Å². The minimum Gasteiger partial charge on any atom is -0.479 e. The summed E-state index contributed by atoms with van der Waals surface area (Å²) in [6, 6.07) is 0.673. The number of aliphatic hydroxyl groups excluding tert-OH is 1. The van der Waals surface area contributed by atoms with Gasteiger partial charge in [-0.15, -0.1) is 0 Å². The van der Waals surface area contributed by atoms with Crippen LogP contribution in [0.2, 0.25) is 0 Å². The highest BCUT2D eigenvalue weighted by Crippen LogP contribution is 2.27. The smallest absolute Gasteiger partial charge is 0.337 e. The molecule has 1 aromatic rings. The first-order chi connectivity index (χ1) is 6.86. The minimum atomic E-state index is -2.24. The Balaban J connectivity index is 3.38. The zero-order chi connectivity index (χ0) is 11.7. The predicted octanol–water partition coefficient (Wildman–Crippen LogP) is 1.98. The fourth-order valence-electron chi connectivity index (χ4n) is 0.923. The van der Waals surface area contributed by atoms with E-state index in [2.05, 4.69) is 15.9 Å². The molecule has 1 aromatic carbocycles. The summed E-state index contributed by atoms with van der Waals surface area (Å²) < 4.78 is 38.1. The molecule has 0 bridgehead atoms. The summed E-state index contributed by atoms with van der Waals surface area (Å²) in [7, 11) is 0. The van der Waals surface area contributed by atoms with E-state index in [0.717, 1.165) is 0 Å². The van der Waals surface area contributed by atoms with Crippen molar-refractivity contribution in [3.05, 3.63) is 33.6 Å². The number of halogens is 4. The number of carboxylic acids is 1. The summed E-state index contributed by atoms with van der Waals surface area (Å²) in [4.78, 5) is 10.3. The van der Waals surface area contributed by atoms with E-state index in [1.165, 1.54) is 0 Å². The molecule has 0 fully saturated rings. The van der Waals surface area contributed by atoms with Crippen molar-refractivity contribution in [2.45, 2.75) is 6.10 Å². The first-order valence-corrected chi connectivity index (χ1v) is 4.39. The number of aliphatic carboxylic acids is 1. The molecule has 15 heavy (non-hydrogen) atoms. The normalized spacial score (nSPS) is 12.6. The van der Waals surface area contributed by atoms with Crippen molar-refractivity contribution in [2.24, 2.45) is 0 Å². The van der Waals surface area contributed by atoms with Crippen LogP contribution >= 0.6 is 15.9 Å². The van der Waals surface area contributed by atoms with E-state index in [1.54, 1.807) is 0 Å². The van der Waals surface area contributed by atoms with Crippen LogP contribution in [0.15, 0.2) is 10.5 Å². The fourth-order valence-corrected chi connectivity index (χ4v) is 1.34. The third kappa shape index (κ3) is 2.13. The summed E-state index contributed by atoms with van der Waals surface area (Å²) in [5.74, 6) is -6.79. The Bertz CT molecular complexity index is 422. The summed E-state index contributed by atoms with van der Waals surface area (Å²) in [6.07, 6.45) is -2.24. The lowest BCUT2D eigenvalue weighted by Crippen LogP contribution is -2.14. The van der Waals surface area contributed by atoms with E-state index in [-0.39, 0.29) is 0 Å². The molecule has 1 rings (SSSR count). The molecule has 0 saturated carbocycles. The van der Waals surface area contributed by atoms with Gasteiger partial charge in [0.25, 0.3) is 0 Å². The zero-order valence-corrected chi connectivity index (χ0v) is 8.56. The van der Waals surface area contributed by atoms with Gasteiger partial charge in [0.15, 0.2) is 23.6 Å². The second kappa shape index (κ2) is 4.19.